The standard InChI is InChI=1S/C13H16F4N2/c14-9-1-2-11(15)10(6-9)12(19-18)5-8-3-4-13(16,17)7-8/h1-2,6,8,12,19H,3-5,7,18H2. The average Bonchev–Trinajstić information content (AvgIpc) is 2.69. The van der Waals surface area contributed by atoms with Crippen LogP contribution in [0.15, 0.2) is 18.2 Å². The van der Waals surface area contributed by atoms with Crippen LogP contribution in [0, 0.1) is 17.6 Å². The minimum absolute atomic E-state index is 0.0812. The highest BCUT2D eigenvalue weighted by molar-refractivity contribution is 5.22. The van der Waals surface area contributed by atoms with Crippen LogP contribution in [0.5, 0.6) is 0 Å². The molecule has 0 saturated heterocycles. The molecule has 0 aliphatic heterocycles. The molecule has 0 aromatic heterocycles. The summed E-state index contributed by atoms with van der Waals surface area (Å²) in [4.78, 5) is 0. The summed E-state index contributed by atoms with van der Waals surface area (Å²) >= 11 is 0. The molecule has 2 atom stereocenters. The van der Waals surface area contributed by atoms with Crippen LogP contribution in [0.25, 0.3) is 0 Å². The molecule has 0 amide bonds. The van der Waals surface area contributed by atoms with Gasteiger partial charge in [-0.15, -0.1) is 0 Å². The quantitative estimate of drug-likeness (QED) is 0.503. The van der Waals surface area contributed by atoms with Gasteiger partial charge in [0.05, 0.1) is 0 Å². The van der Waals surface area contributed by atoms with E-state index in [1.54, 1.807) is 0 Å². The summed E-state index contributed by atoms with van der Waals surface area (Å²) < 4.78 is 53.0. The minimum atomic E-state index is -2.65. The van der Waals surface area contributed by atoms with Crippen LogP contribution in [0.1, 0.15) is 37.3 Å². The highest BCUT2D eigenvalue weighted by Gasteiger charge is 2.40. The normalized spacial score (nSPS) is 23.5. The van der Waals surface area contributed by atoms with E-state index < -0.39 is 23.6 Å². The van der Waals surface area contributed by atoms with E-state index in [4.69, 9.17) is 5.84 Å². The number of nitrogens with one attached hydrogen (secondary N) is 1. The second kappa shape index (κ2) is 5.46. The van der Waals surface area contributed by atoms with Gasteiger partial charge < -0.3 is 0 Å². The molecule has 0 spiro atoms. The number of hydrogen-bond donors (Lipinski definition) is 2. The van der Waals surface area contributed by atoms with Crippen molar-refractivity contribution in [2.24, 2.45) is 11.8 Å². The van der Waals surface area contributed by atoms with Crippen molar-refractivity contribution in [3.8, 4) is 0 Å². The molecule has 1 aromatic rings. The van der Waals surface area contributed by atoms with Gasteiger partial charge in [-0.1, -0.05) is 0 Å². The molecule has 2 rings (SSSR count). The maximum atomic E-state index is 13.6. The molecule has 6 heteroatoms. The third kappa shape index (κ3) is 3.45. The van der Waals surface area contributed by atoms with E-state index in [1.165, 1.54) is 0 Å². The lowest BCUT2D eigenvalue weighted by Gasteiger charge is -2.21. The molecule has 3 N–H and O–H groups in total. The number of nitrogens with two attached hydrogens (primary N) is 1. The van der Waals surface area contributed by atoms with Crippen molar-refractivity contribution in [2.75, 3.05) is 0 Å². The third-order valence-electron chi connectivity index (χ3n) is 3.61. The lowest BCUT2D eigenvalue weighted by molar-refractivity contribution is 0.00429. The topological polar surface area (TPSA) is 38.0 Å². The van der Waals surface area contributed by atoms with Gasteiger partial charge in [-0.3, -0.25) is 11.3 Å². The molecule has 1 aliphatic rings. The van der Waals surface area contributed by atoms with Gasteiger partial charge in [-0.05, 0) is 37.0 Å². The fourth-order valence-corrected chi connectivity index (χ4v) is 2.64. The summed E-state index contributed by atoms with van der Waals surface area (Å²) in [5.74, 6) is 1.29. The third-order valence-corrected chi connectivity index (χ3v) is 3.61. The van der Waals surface area contributed by atoms with Gasteiger partial charge in [0.1, 0.15) is 11.6 Å². The van der Waals surface area contributed by atoms with Crippen molar-refractivity contribution in [1.82, 2.24) is 5.43 Å². The Morgan fingerprint density at radius 3 is 2.68 bits per heavy atom. The summed E-state index contributed by atoms with van der Waals surface area (Å²) in [6.07, 6.45) is 0.275. The van der Waals surface area contributed by atoms with Crippen LogP contribution < -0.4 is 11.3 Å². The summed E-state index contributed by atoms with van der Waals surface area (Å²) in [7, 11) is 0. The molecule has 1 saturated carbocycles. The average molecular weight is 276 g/mol. The van der Waals surface area contributed by atoms with E-state index in [2.05, 4.69) is 5.43 Å². The van der Waals surface area contributed by atoms with Crippen LogP contribution in [0.4, 0.5) is 17.6 Å². The highest BCUT2D eigenvalue weighted by atomic mass is 19.3. The van der Waals surface area contributed by atoms with E-state index in [0.717, 1.165) is 18.2 Å². The fourth-order valence-electron chi connectivity index (χ4n) is 2.64. The van der Waals surface area contributed by atoms with Crippen LogP contribution in [-0.2, 0) is 0 Å². The van der Waals surface area contributed by atoms with Gasteiger partial charge in [0.15, 0.2) is 0 Å². The molecule has 1 aliphatic carbocycles. The Morgan fingerprint density at radius 1 is 1.37 bits per heavy atom. The minimum Gasteiger partial charge on any atom is -0.271 e. The SMILES string of the molecule is NNC(CC1CCC(F)(F)C1)c1cc(F)ccc1F. The zero-order chi connectivity index (χ0) is 14.0. The first-order valence-electron chi connectivity index (χ1n) is 6.20. The maximum Gasteiger partial charge on any atom is 0.248 e. The predicted octanol–water partition coefficient (Wildman–Crippen LogP) is 3.29. The van der Waals surface area contributed by atoms with Gasteiger partial charge in [-0.2, -0.15) is 0 Å². The number of rotatable bonds is 4. The van der Waals surface area contributed by atoms with Crippen molar-refractivity contribution in [1.29, 1.82) is 0 Å². The van der Waals surface area contributed by atoms with Crippen molar-refractivity contribution in [2.45, 2.75) is 37.6 Å². The molecule has 2 nitrogen and oxygen atoms in total. The van der Waals surface area contributed by atoms with Crippen LogP contribution >= 0.6 is 0 Å². The Bertz CT molecular complexity index is 450. The summed E-state index contributed by atoms with van der Waals surface area (Å²) in [5.41, 5.74) is 2.47. The molecule has 106 valence electrons. The fraction of sp³-hybridized carbons (Fsp3) is 0.538. The summed E-state index contributed by atoms with van der Waals surface area (Å²) in [6, 6.07) is 2.41. The predicted molar refractivity (Wildman–Crippen MR) is 63.3 cm³/mol. The molecule has 19 heavy (non-hydrogen) atoms. The van der Waals surface area contributed by atoms with Crippen molar-refractivity contribution in [3.63, 3.8) is 0 Å². The van der Waals surface area contributed by atoms with Crippen LogP contribution in [0.3, 0.4) is 0 Å². The van der Waals surface area contributed by atoms with Crippen LogP contribution in [0.2, 0.25) is 0 Å². The Kier molecular flexibility index (Phi) is 4.10. The monoisotopic (exact) mass is 276 g/mol. The van der Waals surface area contributed by atoms with Gasteiger partial charge in [0.25, 0.3) is 0 Å². The molecule has 1 aromatic carbocycles. The second-order valence-electron chi connectivity index (χ2n) is 5.09. The molecule has 1 fully saturated rings. The van der Waals surface area contributed by atoms with E-state index in [9.17, 15) is 17.6 Å². The molecule has 0 radical (unpaired) electrons. The van der Waals surface area contributed by atoms with Gasteiger partial charge in [0.2, 0.25) is 5.92 Å². The first-order chi connectivity index (χ1) is 8.91. The van der Waals surface area contributed by atoms with Crippen molar-refractivity contribution in [3.05, 3.63) is 35.4 Å². The molecule has 0 heterocycles. The van der Waals surface area contributed by atoms with E-state index in [-0.39, 0.29) is 30.7 Å². The molecular formula is C13H16F4N2. The zero-order valence-corrected chi connectivity index (χ0v) is 10.3. The van der Waals surface area contributed by atoms with Crippen molar-refractivity contribution < 1.29 is 17.6 Å². The first kappa shape index (κ1) is 14.3. The smallest absolute Gasteiger partial charge is 0.248 e. The Balaban J connectivity index is 2.10. The van der Waals surface area contributed by atoms with E-state index in [1.807, 2.05) is 0 Å². The molecule has 2 unspecified atom stereocenters. The lowest BCUT2D eigenvalue weighted by Crippen LogP contribution is -2.30. The zero-order valence-electron chi connectivity index (χ0n) is 10.3. The maximum absolute atomic E-state index is 13.6. The lowest BCUT2D eigenvalue weighted by atomic mass is 9.93. The Morgan fingerprint density at radius 2 is 2.11 bits per heavy atom. The number of halogens is 4. The molecule has 0 bridgehead atoms. The van der Waals surface area contributed by atoms with Crippen molar-refractivity contribution >= 4 is 0 Å². The van der Waals surface area contributed by atoms with E-state index in [0.29, 0.717) is 6.42 Å². The second-order valence-corrected chi connectivity index (χ2v) is 5.09. The van der Waals surface area contributed by atoms with Gasteiger partial charge >= 0.3 is 0 Å². The Hall–Kier alpha value is -1.14. The Labute approximate surface area is 109 Å². The molecular weight excluding hydrogens is 260 g/mol. The van der Waals surface area contributed by atoms with Gasteiger partial charge in [0, 0.05) is 24.4 Å². The van der Waals surface area contributed by atoms with E-state index >= 15 is 0 Å². The first-order valence-corrected chi connectivity index (χ1v) is 6.20. The highest BCUT2D eigenvalue weighted by Crippen LogP contribution is 2.42. The summed E-state index contributed by atoms with van der Waals surface area (Å²) in [5, 5.41) is 0. The van der Waals surface area contributed by atoms with Crippen LogP contribution in [-0.4, -0.2) is 5.92 Å². The number of alkyl halides is 2. The number of hydrogen-bond acceptors (Lipinski definition) is 2. The van der Waals surface area contributed by atoms with Gasteiger partial charge in [-0.25, -0.2) is 17.6 Å². The summed E-state index contributed by atoms with van der Waals surface area (Å²) in [6.45, 7) is 0. The number of benzene rings is 1. The largest absolute Gasteiger partial charge is 0.271 e. The number of hydrazine groups is 1.